The van der Waals surface area contributed by atoms with E-state index in [4.69, 9.17) is 4.74 Å². The number of rotatable bonds is 10. The predicted octanol–water partition coefficient (Wildman–Crippen LogP) is 3.02. The molecule has 1 heterocycles. The molecule has 0 aliphatic rings. The molecule has 0 spiro atoms. The molecule has 0 aliphatic heterocycles. The van der Waals surface area contributed by atoms with Gasteiger partial charge in [0.05, 0.1) is 11.8 Å². The molecule has 0 amide bonds. The largest absolute Gasteiger partial charge is 0.481 e. The van der Waals surface area contributed by atoms with E-state index in [1.54, 1.807) is 13.8 Å². The summed E-state index contributed by atoms with van der Waals surface area (Å²) in [6.45, 7) is 5.33. The smallest absolute Gasteiger partial charge is 0.311 e. The molecule has 1 aromatic heterocycles. The Bertz CT molecular complexity index is 628. The number of nitrogens with zero attached hydrogens (tertiary/aromatic N) is 1. The van der Waals surface area contributed by atoms with Crippen molar-refractivity contribution >= 4 is 17.9 Å². The number of carbonyl (C=O) groups is 3. The second-order valence-electron chi connectivity index (χ2n) is 5.88. The molecule has 0 aliphatic carbocycles. The van der Waals surface area contributed by atoms with Crippen LogP contribution in [0.25, 0.3) is 0 Å². The van der Waals surface area contributed by atoms with Gasteiger partial charge in [0.15, 0.2) is 0 Å². The van der Waals surface area contributed by atoms with E-state index < -0.39 is 29.7 Å². The van der Waals surface area contributed by atoms with Crippen LogP contribution in [0.15, 0.2) is 12.3 Å². The fourth-order valence-corrected chi connectivity index (χ4v) is 2.51. The molecule has 0 aromatic carbocycles. The molecule has 2 unspecified atom stereocenters. The van der Waals surface area contributed by atoms with E-state index >= 15 is 0 Å². The third-order valence-electron chi connectivity index (χ3n) is 4.01. The van der Waals surface area contributed by atoms with E-state index in [1.807, 2.05) is 6.92 Å². The number of hydrogen-bond acceptors (Lipinski definition) is 5. The molecule has 0 bridgehead atoms. The van der Waals surface area contributed by atoms with Crippen molar-refractivity contribution in [1.29, 1.82) is 0 Å². The second-order valence-corrected chi connectivity index (χ2v) is 5.88. The third-order valence-corrected chi connectivity index (χ3v) is 4.01. The summed E-state index contributed by atoms with van der Waals surface area (Å²) in [6.07, 6.45) is 3.15. The maximum absolute atomic E-state index is 11.9. The lowest BCUT2D eigenvalue weighted by atomic mass is 9.95. The molecule has 7 nitrogen and oxygen atoms in total. The summed E-state index contributed by atoms with van der Waals surface area (Å²) in [5.74, 6) is -3.69. The highest BCUT2D eigenvalue weighted by molar-refractivity contribution is 5.78. The lowest BCUT2D eigenvalue weighted by Crippen LogP contribution is -2.18. The summed E-state index contributed by atoms with van der Waals surface area (Å²) in [6, 6.07) is 1.49. The van der Waals surface area contributed by atoms with Crippen molar-refractivity contribution < 1.29 is 29.3 Å². The van der Waals surface area contributed by atoms with Crippen molar-refractivity contribution in [2.75, 3.05) is 0 Å². The summed E-state index contributed by atoms with van der Waals surface area (Å²) in [4.78, 5) is 38.7. The molecule has 2 N–H and O–H groups in total. The van der Waals surface area contributed by atoms with Gasteiger partial charge in [-0.25, -0.2) is 0 Å². The van der Waals surface area contributed by atoms with Gasteiger partial charge in [0.1, 0.15) is 5.75 Å². The van der Waals surface area contributed by atoms with E-state index in [0.717, 1.165) is 0 Å². The van der Waals surface area contributed by atoms with Gasteiger partial charge in [-0.1, -0.05) is 20.8 Å². The first-order valence-electron chi connectivity index (χ1n) is 8.48. The average Bonchev–Trinajstić information content (AvgIpc) is 2.54. The number of hydrogen-bond donors (Lipinski definition) is 2. The topological polar surface area (TPSA) is 114 Å². The Morgan fingerprint density at radius 2 is 1.80 bits per heavy atom. The van der Waals surface area contributed by atoms with E-state index in [2.05, 4.69) is 4.98 Å². The Labute approximate surface area is 147 Å². The van der Waals surface area contributed by atoms with Gasteiger partial charge in [-0.3, -0.25) is 19.4 Å². The number of aliphatic carboxylic acids is 2. The Balaban J connectivity index is 3.22. The maximum atomic E-state index is 11.9. The summed E-state index contributed by atoms with van der Waals surface area (Å²) in [5.41, 5.74) is 0.782. The van der Waals surface area contributed by atoms with Crippen molar-refractivity contribution in [3.63, 3.8) is 0 Å². The summed E-state index contributed by atoms with van der Waals surface area (Å²) in [5, 5.41) is 18.6. The summed E-state index contributed by atoms with van der Waals surface area (Å²) < 4.78 is 5.35. The number of aromatic nitrogens is 1. The fraction of sp³-hybridized carbons (Fsp3) is 0.556. The van der Waals surface area contributed by atoms with Crippen molar-refractivity contribution in [3.05, 3.63) is 23.5 Å². The molecule has 0 fully saturated rings. The van der Waals surface area contributed by atoms with Crippen LogP contribution in [0.5, 0.6) is 5.75 Å². The quantitative estimate of drug-likeness (QED) is 0.623. The molecule has 0 radical (unpaired) electrons. The van der Waals surface area contributed by atoms with Gasteiger partial charge in [0.2, 0.25) is 0 Å². The van der Waals surface area contributed by atoms with Gasteiger partial charge < -0.3 is 14.9 Å². The van der Waals surface area contributed by atoms with Crippen LogP contribution in [0, 0.1) is 5.92 Å². The Kier molecular flexibility index (Phi) is 8.04. The first-order chi connectivity index (χ1) is 11.8. The Morgan fingerprint density at radius 3 is 2.28 bits per heavy atom. The van der Waals surface area contributed by atoms with Crippen LogP contribution in [-0.4, -0.2) is 33.1 Å². The molecule has 2 atom stereocenters. The minimum atomic E-state index is -1.03. The van der Waals surface area contributed by atoms with E-state index in [9.17, 15) is 24.6 Å². The first-order valence-corrected chi connectivity index (χ1v) is 8.48. The van der Waals surface area contributed by atoms with Crippen LogP contribution < -0.4 is 4.74 Å². The van der Waals surface area contributed by atoms with Gasteiger partial charge in [0, 0.05) is 36.4 Å². The monoisotopic (exact) mass is 351 g/mol. The van der Waals surface area contributed by atoms with E-state index in [0.29, 0.717) is 30.5 Å². The molecular formula is C18H25NO6. The van der Waals surface area contributed by atoms with Crippen LogP contribution in [0.4, 0.5) is 0 Å². The van der Waals surface area contributed by atoms with Crippen molar-refractivity contribution in [2.45, 2.75) is 58.8 Å². The average molecular weight is 351 g/mol. The van der Waals surface area contributed by atoms with Gasteiger partial charge in [-0.05, 0) is 19.3 Å². The third kappa shape index (κ3) is 5.85. The van der Waals surface area contributed by atoms with Crippen LogP contribution in [0.3, 0.4) is 0 Å². The lowest BCUT2D eigenvalue weighted by molar-refractivity contribution is -0.142. The second kappa shape index (κ2) is 9.76. The minimum Gasteiger partial charge on any atom is -0.481 e. The van der Waals surface area contributed by atoms with E-state index in [-0.39, 0.29) is 18.6 Å². The zero-order valence-electron chi connectivity index (χ0n) is 14.8. The van der Waals surface area contributed by atoms with Crippen LogP contribution in [0.2, 0.25) is 0 Å². The number of ether oxygens (including phenoxy) is 1. The predicted molar refractivity (Wildman–Crippen MR) is 90.6 cm³/mol. The van der Waals surface area contributed by atoms with Crippen LogP contribution in [0.1, 0.15) is 63.6 Å². The lowest BCUT2D eigenvalue weighted by Gasteiger charge is -2.17. The molecule has 1 aromatic rings. The molecular weight excluding hydrogens is 326 g/mol. The highest BCUT2D eigenvalue weighted by atomic mass is 16.5. The minimum absolute atomic E-state index is 0.151. The van der Waals surface area contributed by atoms with E-state index in [1.165, 1.54) is 12.3 Å². The zero-order valence-corrected chi connectivity index (χ0v) is 14.8. The molecule has 0 saturated carbocycles. The summed E-state index contributed by atoms with van der Waals surface area (Å²) >= 11 is 0. The van der Waals surface area contributed by atoms with Crippen LogP contribution >= 0.6 is 0 Å². The molecule has 7 heteroatoms. The number of pyridine rings is 1. The highest BCUT2D eigenvalue weighted by Gasteiger charge is 2.25. The molecule has 25 heavy (non-hydrogen) atoms. The van der Waals surface area contributed by atoms with Crippen LogP contribution in [-0.2, 0) is 20.8 Å². The first kappa shape index (κ1) is 20.6. The number of carboxylic acids is 2. The Morgan fingerprint density at radius 1 is 1.12 bits per heavy atom. The SMILES string of the molecule is CCCC(=O)Oc1cc(CC(CC)C(=O)O)ncc1C(CC)C(=O)O. The fourth-order valence-electron chi connectivity index (χ4n) is 2.51. The molecule has 0 saturated heterocycles. The number of carboxylic acid groups (broad SMARTS) is 2. The van der Waals surface area contributed by atoms with Crippen molar-refractivity contribution in [2.24, 2.45) is 5.92 Å². The standard InChI is InChI=1S/C18H25NO6/c1-4-7-16(20)25-15-9-12(8-11(5-2)17(21)22)19-10-14(15)13(6-3)18(23)24/h9-11,13H,4-8H2,1-3H3,(H,21,22)(H,23,24). The van der Waals surface area contributed by atoms with Gasteiger partial charge in [-0.15, -0.1) is 0 Å². The highest BCUT2D eigenvalue weighted by Crippen LogP contribution is 2.30. The Hall–Kier alpha value is -2.44. The molecule has 1 rings (SSSR count). The normalized spacial score (nSPS) is 13.1. The number of esters is 1. The van der Waals surface area contributed by atoms with Crippen molar-refractivity contribution in [3.8, 4) is 5.75 Å². The van der Waals surface area contributed by atoms with Gasteiger partial charge in [0.25, 0.3) is 0 Å². The summed E-state index contributed by atoms with van der Waals surface area (Å²) in [7, 11) is 0. The zero-order chi connectivity index (χ0) is 19.0. The van der Waals surface area contributed by atoms with Gasteiger partial charge >= 0.3 is 17.9 Å². The van der Waals surface area contributed by atoms with Gasteiger partial charge in [-0.2, -0.15) is 0 Å². The number of carbonyl (C=O) groups excluding carboxylic acids is 1. The maximum Gasteiger partial charge on any atom is 0.311 e. The molecule has 138 valence electrons. The van der Waals surface area contributed by atoms with Crippen molar-refractivity contribution in [1.82, 2.24) is 4.98 Å².